The van der Waals surface area contributed by atoms with Crippen LogP contribution in [-0.2, 0) is 11.0 Å². The largest absolute Gasteiger partial charge is 0.480 e. The van der Waals surface area contributed by atoms with E-state index in [1.807, 2.05) is 0 Å². The number of carbonyl (C=O) groups is 1. The number of hydrogen-bond acceptors (Lipinski definition) is 2. The Morgan fingerprint density at radius 2 is 1.95 bits per heavy atom. The molecule has 1 aromatic carbocycles. The van der Waals surface area contributed by atoms with Crippen molar-refractivity contribution >= 4 is 23.3 Å². The minimum atomic E-state index is -4.60. The number of alkyl halides is 3. The van der Waals surface area contributed by atoms with Crippen molar-refractivity contribution in [3.05, 3.63) is 28.8 Å². The maximum Gasteiger partial charge on any atom is 0.418 e. The minimum absolute atomic E-state index is 0.0608. The molecule has 0 heterocycles. The zero-order valence-electron chi connectivity index (χ0n) is 10.3. The zero-order chi connectivity index (χ0) is 14.8. The van der Waals surface area contributed by atoms with Crippen LogP contribution in [-0.4, -0.2) is 17.1 Å². The molecule has 0 bridgehead atoms. The number of carboxylic acids is 1. The van der Waals surface area contributed by atoms with Crippen LogP contribution in [0.25, 0.3) is 0 Å². The molecular formula is C12H13ClF3NO2. The molecule has 0 aromatic heterocycles. The SMILES string of the molecule is CC(C)[C@H](Nc1ccc(Cl)cc1C(F)(F)F)C(=O)O. The standard InChI is InChI=1S/C12H13ClF3NO2/c1-6(2)10(11(18)19)17-9-4-3-7(13)5-8(9)12(14,15)16/h3-6,10,17H,1-2H3,(H,18,19)/t10-/m0/s1. The summed E-state index contributed by atoms with van der Waals surface area (Å²) in [5.74, 6) is -1.58. The number of aliphatic carboxylic acids is 1. The quantitative estimate of drug-likeness (QED) is 0.886. The first-order valence-electron chi connectivity index (χ1n) is 5.49. The van der Waals surface area contributed by atoms with Gasteiger partial charge in [0.2, 0.25) is 0 Å². The monoisotopic (exact) mass is 295 g/mol. The molecule has 0 aliphatic carbocycles. The number of carboxylic acid groups (broad SMARTS) is 1. The highest BCUT2D eigenvalue weighted by atomic mass is 35.5. The smallest absolute Gasteiger partial charge is 0.418 e. The fourth-order valence-corrected chi connectivity index (χ4v) is 1.73. The third-order valence-electron chi connectivity index (χ3n) is 2.53. The predicted octanol–water partition coefficient (Wildman–Crippen LogP) is 3.88. The van der Waals surface area contributed by atoms with E-state index in [4.69, 9.17) is 16.7 Å². The van der Waals surface area contributed by atoms with Crippen LogP contribution in [0.1, 0.15) is 19.4 Å². The summed E-state index contributed by atoms with van der Waals surface area (Å²) in [6, 6.07) is 2.06. The Hall–Kier alpha value is -1.43. The Morgan fingerprint density at radius 1 is 1.37 bits per heavy atom. The molecule has 0 amide bonds. The van der Waals surface area contributed by atoms with Crippen molar-refractivity contribution < 1.29 is 23.1 Å². The third kappa shape index (κ3) is 4.02. The van der Waals surface area contributed by atoms with Crippen LogP contribution in [0.15, 0.2) is 18.2 Å². The lowest BCUT2D eigenvalue weighted by atomic mass is 10.0. The summed E-state index contributed by atoms with van der Waals surface area (Å²) >= 11 is 5.54. The fraction of sp³-hybridized carbons (Fsp3) is 0.417. The molecule has 0 saturated heterocycles. The summed E-state index contributed by atoms with van der Waals surface area (Å²) in [7, 11) is 0. The number of halogens is 4. The van der Waals surface area contributed by atoms with Crippen LogP contribution in [0.3, 0.4) is 0 Å². The summed E-state index contributed by atoms with van der Waals surface area (Å²) in [6.07, 6.45) is -4.60. The molecule has 1 atom stereocenters. The molecule has 19 heavy (non-hydrogen) atoms. The van der Waals surface area contributed by atoms with E-state index in [9.17, 15) is 18.0 Å². The zero-order valence-corrected chi connectivity index (χ0v) is 11.0. The van der Waals surface area contributed by atoms with Crippen molar-refractivity contribution in [3.63, 3.8) is 0 Å². The van der Waals surface area contributed by atoms with Crippen LogP contribution in [0.5, 0.6) is 0 Å². The average Bonchev–Trinajstić information content (AvgIpc) is 2.24. The Labute approximate surface area is 113 Å². The minimum Gasteiger partial charge on any atom is -0.480 e. The highest BCUT2D eigenvalue weighted by Crippen LogP contribution is 2.37. The molecule has 0 radical (unpaired) electrons. The van der Waals surface area contributed by atoms with Gasteiger partial charge in [-0.1, -0.05) is 25.4 Å². The highest BCUT2D eigenvalue weighted by Gasteiger charge is 2.35. The summed E-state index contributed by atoms with van der Waals surface area (Å²) in [6.45, 7) is 3.21. The number of anilines is 1. The summed E-state index contributed by atoms with van der Waals surface area (Å²) < 4.78 is 38.5. The second-order valence-electron chi connectivity index (χ2n) is 4.39. The molecule has 2 N–H and O–H groups in total. The molecule has 1 aromatic rings. The van der Waals surface area contributed by atoms with E-state index in [1.54, 1.807) is 13.8 Å². The van der Waals surface area contributed by atoms with Gasteiger partial charge in [-0.05, 0) is 24.1 Å². The molecular weight excluding hydrogens is 283 g/mol. The van der Waals surface area contributed by atoms with Gasteiger partial charge < -0.3 is 10.4 Å². The molecule has 3 nitrogen and oxygen atoms in total. The van der Waals surface area contributed by atoms with Gasteiger partial charge >= 0.3 is 12.1 Å². The molecule has 106 valence electrons. The fourth-order valence-electron chi connectivity index (χ4n) is 1.56. The van der Waals surface area contributed by atoms with Gasteiger partial charge in [0.05, 0.1) is 5.56 Å². The van der Waals surface area contributed by atoms with Crippen molar-refractivity contribution in [2.75, 3.05) is 5.32 Å². The first kappa shape index (κ1) is 15.6. The molecule has 0 fully saturated rings. The van der Waals surface area contributed by atoms with E-state index in [0.717, 1.165) is 12.1 Å². The Bertz CT molecular complexity index is 475. The van der Waals surface area contributed by atoms with Gasteiger partial charge in [-0.3, -0.25) is 0 Å². The van der Waals surface area contributed by atoms with Gasteiger partial charge in [0, 0.05) is 10.7 Å². The predicted molar refractivity (Wildman–Crippen MR) is 66.3 cm³/mol. The molecule has 7 heteroatoms. The van der Waals surface area contributed by atoms with Crippen LogP contribution in [0.2, 0.25) is 5.02 Å². The molecule has 1 rings (SSSR count). The van der Waals surface area contributed by atoms with Crippen LogP contribution in [0.4, 0.5) is 18.9 Å². The summed E-state index contributed by atoms with van der Waals surface area (Å²) in [5, 5.41) is 11.3. The van der Waals surface area contributed by atoms with Crippen molar-refractivity contribution in [2.24, 2.45) is 5.92 Å². The lowest BCUT2D eigenvalue weighted by Crippen LogP contribution is -2.35. The summed E-state index contributed by atoms with van der Waals surface area (Å²) in [5.41, 5.74) is -1.27. The number of hydrogen-bond donors (Lipinski definition) is 2. The molecule has 0 unspecified atom stereocenters. The summed E-state index contributed by atoms with van der Waals surface area (Å²) in [4.78, 5) is 11.0. The second kappa shape index (κ2) is 5.69. The Balaban J connectivity index is 3.17. The highest BCUT2D eigenvalue weighted by molar-refractivity contribution is 6.30. The van der Waals surface area contributed by atoms with E-state index < -0.39 is 23.8 Å². The number of benzene rings is 1. The maximum absolute atomic E-state index is 12.8. The van der Waals surface area contributed by atoms with Gasteiger partial charge in [0.25, 0.3) is 0 Å². The van der Waals surface area contributed by atoms with Crippen molar-refractivity contribution in [1.29, 1.82) is 0 Å². The topological polar surface area (TPSA) is 49.3 Å². The van der Waals surface area contributed by atoms with Crippen molar-refractivity contribution in [3.8, 4) is 0 Å². The maximum atomic E-state index is 12.8. The van der Waals surface area contributed by atoms with E-state index in [0.29, 0.717) is 0 Å². The lowest BCUT2D eigenvalue weighted by molar-refractivity contribution is -0.140. The van der Waals surface area contributed by atoms with Crippen molar-refractivity contribution in [2.45, 2.75) is 26.1 Å². The number of nitrogens with one attached hydrogen (secondary N) is 1. The van der Waals surface area contributed by atoms with Crippen molar-refractivity contribution in [1.82, 2.24) is 0 Å². The normalized spacial score (nSPS) is 13.4. The third-order valence-corrected chi connectivity index (χ3v) is 2.77. The second-order valence-corrected chi connectivity index (χ2v) is 4.83. The van der Waals surface area contributed by atoms with Gasteiger partial charge in [-0.25, -0.2) is 4.79 Å². The Kier molecular flexibility index (Phi) is 4.68. The first-order valence-corrected chi connectivity index (χ1v) is 5.87. The average molecular weight is 296 g/mol. The lowest BCUT2D eigenvalue weighted by Gasteiger charge is -2.22. The van der Waals surface area contributed by atoms with Gasteiger partial charge in [0.1, 0.15) is 6.04 Å². The first-order chi connectivity index (χ1) is 8.62. The van der Waals surface area contributed by atoms with E-state index in [2.05, 4.69) is 5.32 Å². The van der Waals surface area contributed by atoms with Crippen LogP contribution < -0.4 is 5.32 Å². The molecule has 0 aliphatic rings. The Morgan fingerprint density at radius 3 is 2.37 bits per heavy atom. The number of rotatable bonds is 4. The molecule has 0 spiro atoms. The van der Waals surface area contributed by atoms with E-state index >= 15 is 0 Å². The molecule has 0 aliphatic heterocycles. The van der Waals surface area contributed by atoms with E-state index in [-0.39, 0.29) is 16.6 Å². The van der Waals surface area contributed by atoms with Gasteiger partial charge in [-0.2, -0.15) is 13.2 Å². The van der Waals surface area contributed by atoms with Gasteiger partial charge in [0.15, 0.2) is 0 Å². The molecule has 0 saturated carbocycles. The van der Waals surface area contributed by atoms with Crippen LogP contribution >= 0.6 is 11.6 Å². The van der Waals surface area contributed by atoms with Gasteiger partial charge in [-0.15, -0.1) is 0 Å². The van der Waals surface area contributed by atoms with E-state index in [1.165, 1.54) is 6.07 Å². The van der Waals surface area contributed by atoms with Crippen LogP contribution in [0, 0.1) is 5.92 Å².